The molecule has 4 heteroatoms. The number of hydrogen-bond donors (Lipinski definition) is 1. The topological polar surface area (TPSA) is 24.9 Å². The van der Waals surface area contributed by atoms with Gasteiger partial charge in [-0.1, -0.05) is 41.9 Å². The number of hydrogen-bond acceptors (Lipinski definition) is 3. The molecule has 0 amide bonds. The molecule has 1 atom stereocenters. The molecule has 1 aromatic carbocycles. The highest BCUT2D eigenvalue weighted by Crippen LogP contribution is 2.43. The molecule has 112 valence electrons. The van der Waals surface area contributed by atoms with Crippen LogP contribution in [0.2, 0.25) is 0 Å². The van der Waals surface area contributed by atoms with E-state index in [4.69, 9.17) is 4.98 Å². The molecule has 0 radical (unpaired) electrons. The van der Waals surface area contributed by atoms with Crippen LogP contribution in [0.15, 0.2) is 28.7 Å². The van der Waals surface area contributed by atoms with Gasteiger partial charge in [0.05, 0.1) is 10.7 Å². The molecule has 0 aliphatic heterocycles. The maximum Gasteiger partial charge on any atom is 0.0975 e. The van der Waals surface area contributed by atoms with Crippen molar-refractivity contribution in [2.24, 2.45) is 5.41 Å². The minimum atomic E-state index is 0.337. The Kier molecular flexibility index (Phi) is 4.21. The van der Waals surface area contributed by atoms with E-state index in [1.54, 1.807) is 0 Å². The lowest BCUT2D eigenvalue weighted by molar-refractivity contribution is 0.265. The first-order valence-corrected chi connectivity index (χ1v) is 8.98. The smallest absolute Gasteiger partial charge is 0.0975 e. The molecule has 1 heterocycles. The molecule has 1 unspecified atom stereocenters. The second-order valence-corrected chi connectivity index (χ2v) is 8.64. The molecule has 1 aliphatic rings. The summed E-state index contributed by atoms with van der Waals surface area (Å²) in [7, 11) is 2.06. The Bertz CT molecular complexity index is 631. The monoisotopic (exact) mass is 364 g/mol. The van der Waals surface area contributed by atoms with Crippen LogP contribution >= 0.6 is 27.3 Å². The van der Waals surface area contributed by atoms with Gasteiger partial charge in [-0.3, -0.25) is 0 Å². The Morgan fingerprint density at radius 3 is 2.71 bits per heavy atom. The maximum atomic E-state index is 4.93. The molecule has 0 saturated carbocycles. The summed E-state index contributed by atoms with van der Waals surface area (Å²) in [6.45, 7) is 4.68. The largest absolute Gasteiger partial charge is 0.312 e. The molecule has 0 spiro atoms. The van der Waals surface area contributed by atoms with E-state index in [1.807, 2.05) is 11.3 Å². The number of rotatable bonds is 3. The van der Waals surface area contributed by atoms with Crippen molar-refractivity contribution in [2.75, 3.05) is 7.05 Å². The lowest BCUT2D eigenvalue weighted by Gasteiger charge is -2.34. The van der Waals surface area contributed by atoms with Crippen molar-refractivity contribution >= 4 is 27.3 Å². The molecule has 2 nitrogen and oxygen atoms in total. The number of benzene rings is 1. The molecule has 3 rings (SSSR count). The number of halogens is 1. The van der Waals surface area contributed by atoms with Crippen molar-refractivity contribution in [3.63, 3.8) is 0 Å². The summed E-state index contributed by atoms with van der Waals surface area (Å²) in [5.41, 5.74) is 2.97. The Hall–Kier alpha value is -0.710. The number of aromatic nitrogens is 1. The van der Waals surface area contributed by atoms with Crippen LogP contribution in [0.4, 0.5) is 0 Å². The summed E-state index contributed by atoms with van der Waals surface area (Å²) in [5.74, 6) is 0. The minimum absolute atomic E-state index is 0.337. The van der Waals surface area contributed by atoms with Crippen LogP contribution in [-0.4, -0.2) is 12.0 Å². The van der Waals surface area contributed by atoms with Crippen LogP contribution in [0.25, 0.3) is 0 Å². The summed E-state index contributed by atoms with van der Waals surface area (Å²) < 4.78 is 1.13. The standard InChI is InChI=1S/C17H21BrN2S/c1-17(2)9-13(19-3)16-14(10-17)20-15(21-16)8-11-4-6-12(18)7-5-11/h4-7,13,19H,8-10H2,1-3H3. The van der Waals surface area contributed by atoms with Gasteiger partial charge in [0.15, 0.2) is 0 Å². The number of nitrogens with one attached hydrogen (secondary N) is 1. The van der Waals surface area contributed by atoms with Gasteiger partial charge < -0.3 is 5.32 Å². The van der Waals surface area contributed by atoms with Gasteiger partial charge in [-0.2, -0.15) is 0 Å². The fourth-order valence-corrected chi connectivity index (χ4v) is 4.56. The number of nitrogens with zero attached hydrogens (tertiary/aromatic N) is 1. The molecule has 0 bridgehead atoms. The molecule has 1 N–H and O–H groups in total. The summed E-state index contributed by atoms with van der Waals surface area (Å²) >= 11 is 5.37. The average Bonchev–Trinajstić information content (AvgIpc) is 2.81. The van der Waals surface area contributed by atoms with E-state index in [2.05, 4.69) is 66.4 Å². The zero-order chi connectivity index (χ0) is 15.0. The van der Waals surface area contributed by atoms with Crippen LogP contribution in [0.1, 0.15) is 47.5 Å². The summed E-state index contributed by atoms with van der Waals surface area (Å²) in [6.07, 6.45) is 3.22. The Morgan fingerprint density at radius 2 is 2.05 bits per heavy atom. The third kappa shape index (κ3) is 3.38. The second kappa shape index (κ2) is 5.82. The lowest BCUT2D eigenvalue weighted by Crippen LogP contribution is -2.30. The molecular weight excluding hydrogens is 344 g/mol. The van der Waals surface area contributed by atoms with Crippen LogP contribution < -0.4 is 5.32 Å². The molecular formula is C17H21BrN2S. The fourth-order valence-electron chi connectivity index (χ4n) is 3.07. The second-order valence-electron chi connectivity index (χ2n) is 6.61. The van der Waals surface area contributed by atoms with Gasteiger partial charge in [0, 0.05) is 21.8 Å². The average molecular weight is 365 g/mol. The third-order valence-electron chi connectivity index (χ3n) is 4.11. The minimum Gasteiger partial charge on any atom is -0.312 e. The first-order chi connectivity index (χ1) is 9.97. The van der Waals surface area contributed by atoms with Crippen molar-refractivity contribution in [3.05, 3.63) is 49.9 Å². The van der Waals surface area contributed by atoms with E-state index in [0.717, 1.165) is 17.3 Å². The summed E-state index contributed by atoms with van der Waals surface area (Å²) in [4.78, 5) is 6.38. The highest BCUT2D eigenvalue weighted by molar-refractivity contribution is 9.10. The Morgan fingerprint density at radius 1 is 1.33 bits per heavy atom. The van der Waals surface area contributed by atoms with Crippen LogP contribution in [0.5, 0.6) is 0 Å². The van der Waals surface area contributed by atoms with E-state index in [9.17, 15) is 0 Å². The van der Waals surface area contributed by atoms with Crippen LogP contribution in [-0.2, 0) is 12.8 Å². The van der Waals surface area contributed by atoms with Gasteiger partial charge in [0.2, 0.25) is 0 Å². The van der Waals surface area contributed by atoms with Gasteiger partial charge >= 0.3 is 0 Å². The lowest BCUT2D eigenvalue weighted by atomic mass is 9.76. The predicted molar refractivity (Wildman–Crippen MR) is 93.0 cm³/mol. The summed E-state index contributed by atoms with van der Waals surface area (Å²) in [5, 5.41) is 4.70. The van der Waals surface area contributed by atoms with E-state index >= 15 is 0 Å². The predicted octanol–water partition coefficient (Wildman–Crippen LogP) is 4.73. The van der Waals surface area contributed by atoms with Gasteiger partial charge in [0.25, 0.3) is 0 Å². The Labute approximate surface area is 139 Å². The third-order valence-corrected chi connectivity index (χ3v) is 5.85. The normalized spacial score (nSPS) is 20.3. The zero-order valence-electron chi connectivity index (χ0n) is 12.7. The van der Waals surface area contributed by atoms with Gasteiger partial charge in [0.1, 0.15) is 0 Å². The van der Waals surface area contributed by atoms with E-state index < -0.39 is 0 Å². The van der Waals surface area contributed by atoms with Crippen molar-refractivity contribution in [2.45, 2.75) is 39.2 Å². The number of thiazole rings is 1. The molecule has 2 aromatic rings. The quantitative estimate of drug-likeness (QED) is 0.851. The van der Waals surface area contributed by atoms with Crippen molar-refractivity contribution < 1.29 is 0 Å². The van der Waals surface area contributed by atoms with Crippen LogP contribution in [0, 0.1) is 5.41 Å². The highest BCUT2D eigenvalue weighted by Gasteiger charge is 2.34. The van der Waals surface area contributed by atoms with Gasteiger partial charge in [-0.15, -0.1) is 11.3 Å². The van der Waals surface area contributed by atoms with E-state index in [-0.39, 0.29) is 0 Å². The van der Waals surface area contributed by atoms with E-state index in [0.29, 0.717) is 11.5 Å². The van der Waals surface area contributed by atoms with E-state index in [1.165, 1.54) is 27.6 Å². The molecule has 1 aliphatic carbocycles. The first-order valence-electron chi connectivity index (χ1n) is 7.37. The Balaban J connectivity index is 1.86. The number of fused-ring (bicyclic) bond motifs is 1. The maximum absolute atomic E-state index is 4.93. The molecule has 21 heavy (non-hydrogen) atoms. The van der Waals surface area contributed by atoms with Crippen molar-refractivity contribution in [1.82, 2.24) is 10.3 Å². The van der Waals surface area contributed by atoms with Crippen molar-refractivity contribution in [3.8, 4) is 0 Å². The van der Waals surface area contributed by atoms with Gasteiger partial charge in [-0.05, 0) is 43.0 Å². The first kappa shape index (κ1) is 15.2. The molecule has 0 saturated heterocycles. The SMILES string of the molecule is CNC1CC(C)(C)Cc2nc(Cc3ccc(Br)cc3)sc21. The fraction of sp³-hybridized carbons (Fsp3) is 0.471. The van der Waals surface area contributed by atoms with Gasteiger partial charge in [-0.25, -0.2) is 4.98 Å². The molecule has 0 fully saturated rings. The summed E-state index contributed by atoms with van der Waals surface area (Å²) in [6, 6.07) is 9.00. The van der Waals surface area contributed by atoms with Crippen LogP contribution in [0.3, 0.4) is 0 Å². The molecule has 1 aromatic heterocycles. The van der Waals surface area contributed by atoms with Crippen molar-refractivity contribution in [1.29, 1.82) is 0 Å². The highest BCUT2D eigenvalue weighted by atomic mass is 79.9. The zero-order valence-corrected chi connectivity index (χ0v) is 15.1.